The highest BCUT2D eigenvalue weighted by Gasteiger charge is 2.08. The smallest absolute Gasteiger partial charge is 0.221 e. The topological polar surface area (TPSA) is 41.1 Å². The summed E-state index contributed by atoms with van der Waals surface area (Å²) in [4.78, 5) is 11.1. The first kappa shape index (κ1) is 15.0. The zero-order chi connectivity index (χ0) is 15.4. The minimum absolute atomic E-state index is 0.159. The lowest BCUT2D eigenvalue weighted by atomic mass is 10.1. The molecule has 2 rings (SSSR count). The standard InChI is InChI=1S/C16H16F2N2O/c1-10-6-7-13(8-15(10)20-11(2)21)19-9-12-4-3-5-14(17)16(12)18/h3-8,19H,9H2,1-2H3,(H,20,21). The first-order valence-electron chi connectivity index (χ1n) is 6.52. The van der Waals surface area contributed by atoms with Crippen LogP contribution in [0.3, 0.4) is 0 Å². The number of hydrogen-bond donors (Lipinski definition) is 2. The maximum absolute atomic E-state index is 13.5. The third kappa shape index (κ3) is 3.78. The van der Waals surface area contributed by atoms with Gasteiger partial charge in [-0.2, -0.15) is 0 Å². The number of amides is 1. The Morgan fingerprint density at radius 3 is 2.67 bits per heavy atom. The van der Waals surface area contributed by atoms with Crippen molar-refractivity contribution in [2.45, 2.75) is 20.4 Å². The van der Waals surface area contributed by atoms with E-state index in [0.29, 0.717) is 11.4 Å². The molecular formula is C16H16F2N2O. The van der Waals surface area contributed by atoms with Gasteiger partial charge in [-0.1, -0.05) is 18.2 Å². The van der Waals surface area contributed by atoms with Gasteiger partial charge in [-0.05, 0) is 30.7 Å². The second-order valence-corrected chi connectivity index (χ2v) is 4.78. The van der Waals surface area contributed by atoms with E-state index < -0.39 is 11.6 Å². The van der Waals surface area contributed by atoms with E-state index in [1.807, 2.05) is 19.1 Å². The van der Waals surface area contributed by atoms with Gasteiger partial charge in [0.15, 0.2) is 11.6 Å². The lowest BCUT2D eigenvalue weighted by Gasteiger charge is -2.12. The monoisotopic (exact) mass is 290 g/mol. The molecule has 0 heterocycles. The van der Waals surface area contributed by atoms with Gasteiger partial charge in [0.25, 0.3) is 0 Å². The molecule has 2 aromatic rings. The number of hydrogen-bond acceptors (Lipinski definition) is 2. The summed E-state index contributed by atoms with van der Waals surface area (Å²) in [6.07, 6.45) is 0. The van der Waals surface area contributed by atoms with Crippen molar-refractivity contribution in [3.05, 3.63) is 59.2 Å². The zero-order valence-electron chi connectivity index (χ0n) is 11.8. The maximum atomic E-state index is 13.5. The number of aryl methyl sites for hydroxylation is 1. The van der Waals surface area contributed by atoms with Gasteiger partial charge in [0.05, 0.1) is 0 Å². The molecule has 0 radical (unpaired) electrons. The fourth-order valence-electron chi connectivity index (χ4n) is 1.94. The van der Waals surface area contributed by atoms with Gasteiger partial charge >= 0.3 is 0 Å². The third-order valence-electron chi connectivity index (χ3n) is 3.06. The molecule has 0 spiro atoms. The van der Waals surface area contributed by atoms with Crippen LogP contribution in [0, 0.1) is 18.6 Å². The Balaban J connectivity index is 2.13. The predicted molar refractivity (Wildman–Crippen MR) is 79.2 cm³/mol. The lowest BCUT2D eigenvalue weighted by molar-refractivity contribution is -0.114. The second-order valence-electron chi connectivity index (χ2n) is 4.78. The van der Waals surface area contributed by atoms with Crippen LogP contribution in [0.2, 0.25) is 0 Å². The van der Waals surface area contributed by atoms with Crippen LogP contribution in [-0.2, 0) is 11.3 Å². The first-order valence-corrected chi connectivity index (χ1v) is 6.52. The molecule has 0 unspecified atom stereocenters. The minimum Gasteiger partial charge on any atom is -0.381 e. The number of rotatable bonds is 4. The number of halogens is 2. The Labute approximate surface area is 122 Å². The summed E-state index contributed by atoms with van der Waals surface area (Å²) in [6, 6.07) is 9.49. The third-order valence-corrected chi connectivity index (χ3v) is 3.06. The summed E-state index contributed by atoms with van der Waals surface area (Å²) in [6.45, 7) is 3.47. The van der Waals surface area contributed by atoms with Crippen molar-refractivity contribution in [2.75, 3.05) is 10.6 Å². The largest absolute Gasteiger partial charge is 0.381 e. The average Bonchev–Trinajstić information content (AvgIpc) is 2.43. The van der Waals surface area contributed by atoms with Crippen molar-refractivity contribution in [3.8, 4) is 0 Å². The summed E-state index contributed by atoms with van der Waals surface area (Å²) < 4.78 is 26.7. The molecule has 0 saturated carbocycles. The van der Waals surface area contributed by atoms with Crippen LogP contribution >= 0.6 is 0 Å². The Hall–Kier alpha value is -2.43. The average molecular weight is 290 g/mol. The van der Waals surface area contributed by atoms with E-state index in [9.17, 15) is 13.6 Å². The summed E-state index contributed by atoms with van der Waals surface area (Å²) in [5.74, 6) is -1.87. The van der Waals surface area contributed by atoms with Crippen LogP contribution < -0.4 is 10.6 Å². The molecule has 0 aromatic heterocycles. The summed E-state index contributed by atoms with van der Waals surface area (Å²) >= 11 is 0. The van der Waals surface area contributed by atoms with Crippen molar-refractivity contribution >= 4 is 17.3 Å². The molecule has 5 heteroatoms. The van der Waals surface area contributed by atoms with E-state index in [-0.39, 0.29) is 18.0 Å². The van der Waals surface area contributed by atoms with Crippen molar-refractivity contribution in [1.82, 2.24) is 0 Å². The molecule has 0 fully saturated rings. The molecule has 0 bridgehead atoms. The van der Waals surface area contributed by atoms with Crippen LogP contribution in [0.1, 0.15) is 18.1 Å². The van der Waals surface area contributed by atoms with Crippen LogP contribution in [0.15, 0.2) is 36.4 Å². The number of nitrogens with one attached hydrogen (secondary N) is 2. The van der Waals surface area contributed by atoms with Crippen molar-refractivity contribution in [1.29, 1.82) is 0 Å². The molecule has 2 aromatic carbocycles. The van der Waals surface area contributed by atoms with E-state index in [2.05, 4.69) is 10.6 Å². The minimum atomic E-state index is -0.864. The summed E-state index contributed by atoms with van der Waals surface area (Å²) in [5, 5.41) is 5.73. The fourth-order valence-corrected chi connectivity index (χ4v) is 1.94. The molecule has 1 amide bonds. The molecule has 0 aliphatic heterocycles. The Bertz CT molecular complexity index is 671. The van der Waals surface area contributed by atoms with Gasteiger partial charge in [0.2, 0.25) is 5.91 Å². The molecular weight excluding hydrogens is 274 g/mol. The first-order chi connectivity index (χ1) is 9.97. The van der Waals surface area contributed by atoms with E-state index in [4.69, 9.17) is 0 Å². The van der Waals surface area contributed by atoms with Crippen LogP contribution in [0.25, 0.3) is 0 Å². The van der Waals surface area contributed by atoms with E-state index in [0.717, 1.165) is 11.6 Å². The Kier molecular flexibility index (Phi) is 4.52. The highest BCUT2D eigenvalue weighted by atomic mass is 19.2. The quantitative estimate of drug-likeness (QED) is 0.898. The summed E-state index contributed by atoms with van der Waals surface area (Å²) in [7, 11) is 0. The SMILES string of the molecule is CC(=O)Nc1cc(NCc2cccc(F)c2F)ccc1C. The normalized spacial score (nSPS) is 10.3. The molecule has 21 heavy (non-hydrogen) atoms. The fraction of sp³-hybridized carbons (Fsp3) is 0.188. The number of carbonyl (C=O) groups is 1. The van der Waals surface area contributed by atoms with E-state index >= 15 is 0 Å². The van der Waals surface area contributed by atoms with Gasteiger partial charge in [0, 0.05) is 30.4 Å². The van der Waals surface area contributed by atoms with Gasteiger partial charge in [-0.15, -0.1) is 0 Å². The Morgan fingerprint density at radius 2 is 1.95 bits per heavy atom. The second kappa shape index (κ2) is 6.35. The number of carbonyl (C=O) groups excluding carboxylic acids is 1. The van der Waals surface area contributed by atoms with Gasteiger partial charge in [-0.25, -0.2) is 8.78 Å². The van der Waals surface area contributed by atoms with Crippen molar-refractivity contribution < 1.29 is 13.6 Å². The molecule has 110 valence electrons. The molecule has 0 saturated heterocycles. The highest BCUT2D eigenvalue weighted by Crippen LogP contribution is 2.21. The predicted octanol–water partition coefficient (Wildman–Crippen LogP) is 3.84. The van der Waals surface area contributed by atoms with Crippen LogP contribution in [-0.4, -0.2) is 5.91 Å². The lowest BCUT2D eigenvalue weighted by Crippen LogP contribution is -2.08. The molecule has 3 nitrogen and oxygen atoms in total. The highest BCUT2D eigenvalue weighted by molar-refractivity contribution is 5.90. The zero-order valence-corrected chi connectivity index (χ0v) is 11.8. The van der Waals surface area contributed by atoms with Crippen molar-refractivity contribution in [3.63, 3.8) is 0 Å². The van der Waals surface area contributed by atoms with Crippen molar-refractivity contribution in [2.24, 2.45) is 0 Å². The van der Waals surface area contributed by atoms with Gasteiger partial charge < -0.3 is 10.6 Å². The molecule has 0 aliphatic rings. The molecule has 0 atom stereocenters. The molecule has 2 N–H and O–H groups in total. The van der Waals surface area contributed by atoms with E-state index in [1.165, 1.54) is 19.1 Å². The maximum Gasteiger partial charge on any atom is 0.221 e. The van der Waals surface area contributed by atoms with Crippen LogP contribution in [0.4, 0.5) is 20.2 Å². The number of anilines is 2. The van der Waals surface area contributed by atoms with Gasteiger partial charge in [-0.3, -0.25) is 4.79 Å². The van der Waals surface area contributed by atoms with Crippen LogP contribution in [0.5, 0.6) is 0 Å². The van der Waals surface area contributed by atoms with Gasteiger partial charge in [0.1, 0.15) is 0 Å². The Morgan fingerprint density at radius 1 is 1.19 bits per heavy atom. The molecule has 0 aliphatic carbocycles. The number of benzene rings is 2. The summed E-state index contributed by atoms with van der Waals surface area (Å²) in [5.41, 5.74) is 2.57. The van der Waals surface area contributed by atoms with E-state index in [1.54, 1.807) is 6.07 Å².